The summed E-state index contributed by atoms with van der Waals surface area (Å²) < 4.78 is 26.0. The normalized spacial score (nSPS) is 17.6. The number of aromatic nitrogens is 3. The van der Waals surface area contributed by atoms with Crippen molar-refractivity contribution in [1.29, 1.82) is 5.26 Å². The van der Waals surface area contributed by atoms with E-state index in [1.54, 1.807) is 36.5 Å². The van der Waals surface area contributed by atoms with Crippen LogP contribution in [0, 0.1) is 17.1 Å². The van der Waals surface area contributed by atoms with Crippen molar-refractivity contribution in [3.63, 3.8) is 0 Å². The third-order valence-corrected chi connectivity index (χ3v) is 6.16. The molecule has 2 aliphatic heterocycles. The first-order valence-electron chi connectivity index (χ1n) is 11.3. The molecule has 2 saturated heterocycles. The van der Waals surface area contributed by atoms with Crippen LogP contribution in [-0.4, -0.2) is 66.7 Å². The number of halogens is 2. The summed E-state index contributed by atoms with van der Waals surface area (Å²) in [5.41, 5.74) is 1.39. The van der Waals surface area contributed by atoms with Crippen molar-refractivity contribution in [3.8, 4) is 11.9 Å². The molecule has 1 atom stereocenters. The van der Waals surface area contributed by atoms with E-state index in [1.165, 1.54) is 11.0 Å². The van der Waals surface area contributed by atoms with E-state index in [0.717, 1.165) is 5.82 Å². The Bertz CT molecular complexity index is 1280. The summed E-state index contributed by atoms with van der Waals surface area (Å²) in [6.07, 6.45) is 0.439. The van der Waals surface area contributed by atoms with E-state index >= 15 is 4.39 Å². The number of rotatable bonds is 6. The zero-order chi connectivity index (χ0) is 25.1. The molecule has 4 heterocycles. The van der Waals surface area contributed by atoms with E-state index in [0.29, 0.717) is 43.1 Å². The Kier molecular flexibility index (Phi) is 6.69. The fourth-order valence-electron chi connectivity index (χ4n) is 4.11. The molecular weight excluding hydrogens is 489 g/mol. The smallest absolute Gasteiger partial charge is 0.414 e. The first-order valence-corrected chi connectivity index (χ1v) is 11.6. The first-order chi connectivity index (χ1) is 17.5. The highest BCUT2D eigenvalue weighted by molar-refractivity contribution is 6.29. The molecule has 184 valence electrons. The van der Waals surface area contributed by atoms with Crippen molar-refractivity contribution in [2.24, 2.45) is 0 Å². The highest BCUT2D eigenvalue weighted by atomic mass is 35.5. The van der Waals surface area contributed by atoms with E-state index in [4.69, 9.17) is 26.3 Å². The molecule has 0 N–H and O–H groups in total. The van der Waals surface area contributed by atoms with Crippen molar-refractivity contribution < 1.29 is 18.7 Å². The fourth-order valence-corrected chi connectivity index (χ4v) is 4.21. The number of nitrogens with zero attached hydrogens (tertiary/aromatic N) is 7. The average molecular weight is 510 g/mol. The third-order valence-electron chi connectivity index (χ3n) is 5.96. The van der Waals surface area contributed by atoms with E-state index in [-0.39, 0.29) is 24.2 Å². The number of carbonyl (C=O) groups is 1. The molecule has 12 heteroatoms. The van der Waals surface area contributed by atoms with Gasteiger partial charge in [-0.05, 0) is 36.4 Å². The number of carbonyl (C=O) groups excluding carboxylic acids is 1. The van der Waals surface area contributed by atoms with E-state index in [1.807, 2.05) is 11.0 Å². The number of hydrogen-bond acceptors (Lipinski definition) is 9. The molecule has 2 fully saturated rings. The monoisotopic (exact) mass is 509 g/mol. The molecule has 3 aromatic rings. The van der Waals surface area contributed by atoms with Gasteiger partial charge in [0.2, 0.25) is 5.88 Å². The van der Waals surface area contributed by atoms with Gasteiger partial charge in [0.15, 0.2) is 11.3 Å². The highest BCUT2D eigenvalue weighted by Gasteiger charge is 2.33. The zero-order valence-electron chi connectivity index (χ0n) is 19.0. The molecule has 0 aliphatic carbocycles. The standard InChI is InChI=1S/C24H21ClFN7O3/c25-21-4-6-23(30-29-21)35-15-18-14-33(24(34)36-18)17-2-3-20(19(26)11-17)31-7-9-32(10-8-31)22-5-1-16(12-27)13-28-22/h1-6,11,13,18H,7-10,14-15H2/t18-/m1/s1. The Hall–Kier alpha value is -4.17. The quantitative estimate of drug-likeness (QED) is 0.494. The van der Waals surface area contributed by atoms with Crippen molar-refractivity contribution in [3.05, 3.63) is 65.2 Å². The van der Waals surface area contributed by atoms with Gasteiger partial charge < -0.3 is 19.3 Å². The number of hydrogen-bond donors (Lipinski definition) is 0. The van der Waals surface area contributed by atoms with Crippen molar-refractivity contribution in [2.75, 3.05) is 54.0 Å². The summed E-state index contributed by atoms with van der Waals surface area (Å²) in [6.45, 7) is 2.84. The molecule has 10 nitrogen and oxygen atoms in total. The molecule has 2 aliphatic rings. The minimum Gasteiger partial charge on any atom is -0.473 e. The largest absolute Gasteiger partial charge is 0.473 e. The maximum atomic E-state index is 15.1. The van der Waals surface area contributed by atoms with Crippen molar-refractivity contribution >= 4 is 34.9 Å². The second-order valence-corrected chi connectivity index (χ2v) is 8.64. The second-order valence-electron chi connectivity index (χ2n) is 8.25. The Morgan fingerprint density at radius 1 is 1.11 bits per heavy atom. The number of pyridine rings is 1. The average Bonchev–Trinajstić information content (AvgIpc) is 3.29. The lowest BCUT2D eigenvalue weighted by Crippen LogP contribution is -2.47. The molecule has 2 aromatic heterocycles. The van der Waals surface area contributed by atoms with Gasteiger partial charge in [-0.3, -0.25) is 4.90 Å². The number of cyclic esters (lactones) is 1. The van der Waals surface area contributed by atoms with Crippen LogP contribution < -0.4 is 19.4 Å². The SMILES string of the molecule is N#Cc1ccc(N2CCN(c3ccc(N4C[C@H](COc5ccc(Cl)nn5)OC4=O)cc3F)CC2)nc1. The summed E-state index contributed by atoms with van der Waals surface area (Å²) in [4.78, 5) is 22.2. The number of anilines is 3. The Morgan fingerprint density at radius 3 is 2.58 bits per heavy atom. The van der Waals surface area contributed by atoms with Crippen molar-refractivity contribution in [1.82, 2.24) is 15.2 Å². The van der Waals surface area contributed by atoms with Gasteiger partial charge in [-0.1, -0.05) is 11.6 Å². The van der Waals surface area contributed by atoms with Crippen LogP contribution in [0.5, 0.6) is 5.88 Å². The Balaban J connectivity index is 1.18. The summed E-state index contributed by atoms with van der Waals surface area (Å²) in [7, 11) is 0. The van der Waals surface area contributed by atoms with Gasteiger partial charge in [-0.2, -0.15) is 5.26 Å². The molecule has 0 saturated carbocycles. The van der Waals surface area contributed by atoms with Gasteiger partial charge in [0, 0.05) is 38.4 Å². The van der Waals surface area contributed by atoms with Gasteiger partial charge >= 0.3 is 6.09 Å². The van der Waals surface area contributed by atoms with Gasteiger partial charge in [-0.15, -0.1) is 10.2 Å². The molecule has 0 radical (unpaired) electrons. The minimum atomic E-state index is -0.568. The van der Waals surface area contributed by atoms with Gasteiger partial charge in [0.25, 0.3) is 0 Å². The molecule has 0 spiro atoms. The summed E-state index contributed by atoms with van der Waals surface area (Å²) >= 11 is 5.71. The predicted octanol–water partition coefficient (Wildman–Crippen LogP) is 3.27. The zero-order valence-corrected chi connectivity index (χ0v) is 19.8. The van der Waals surface area contributed by atoms with Crippen LogP contribution in [-0.2, 0) is 4.74 Å². The molecular formula is C24H21ClFN7O3. The van der Waals surface area contributed by atoms with Crippen LogP contribution in [0.3, 0.4) is 0 Å². The van der Waals surface area contributed by atoms with Gasteiger partial charge in [0.1, 0.15) is 24.3 Å². The molecule has 1 aromatic carbocycles. The number of benzene rings is 1. The number of amides is 1. The molecule has 0 bridgehead atoms. The summed E-state index contributed by atoms with van der Waals surface area (Å²) in [5, 5.41) is 16.7. The summed E-state index contributed by atoms with van der Waals surface area (Å²) in [5.74, 6) is 0.638. The molecule has 0 unspecified atom stereocenters. The topological polar surface area (TPSA) is 108 Å². The van der Waals surface area contributed by atoms with E-state index in [9.17, 15) is 4.79 Å². The predicted molar refractivity (Wildman–Crippen MR) is 130 cm³/mol. The maximum absolute atomic E-state index is 15.1. The van der Waals surface area contributed by atoms with Gasteiger partial charge in [-0.25, -0.2) is 14.2 Å². The van der Waals surface area contributed by atoms with Gasteiger partial charge in [0.05, 0.1) is 23.5 Å². The van der Waals surface area contributed by atoms with E-state index in [2.05, 4.69) is 26.2 Å². The lowest BCUT2D eigenvalue weighted by Gasteiger charge is -2.37. The van der Waals surface area contributed by atoms with Crippen LogP contribution >= 0.6 is 11.6 Å². The molecule has 1 amide bonds. The van der Waals surface area contributed by atoms with Crippen LogP contribution in [0.15, 0.2) is 48.7 Å². The second kappa shape index (κ2) is 10.2. The fraction of sp³-hybridized carbons (Fsp3) is 0.292. The molecule has 5 rings (SSSR count). The lowest BCUT2D eigenvalue weighted by atomic mass is 10.2. The Morgan fingerprint density at radius 2 is 1.92 bits per heavy atom. The molecule has 36 heavy (non-hydrogen) atoms. The Labute approximate surface area is 211 Å². The van der Waals surface area contributed by atoms with Crippen LogP contribution in [0.1, 0.15) is 5.56 Å². The van der Waals surface area contributed by atoms with E-state index < -0.39 is 18.0 Å². The minimum absolute atomic E-state index is 0.0808. The van der Waals surface area contributed by atoms with Crippen LogP contribution in [0.25, 0.3) is 0 Å². The maximum Gasteiger partial charge on any atom is 0.414 e. The number of nitriles is 1. The van der Waals surface area contributed by atoms with Crippen molar-refractivity contribution in [2.45, 2.75) is 6.10 Å². The van der Waals surface area contributed by atoms with Crippen LogP contribution in [0.2, 0.25) is 5.15 Å². The lowest BCUT2D eigenvalue weighted by molar-refractivity contribution is 0.103. The third kappa shape index (κ3) is 5.08. The summed E-state index contributed by atoms with van der Waals surface area (Å²) in [6, 6.07) is 13.5. The first kappa shape index (κ1) is 23.6. The highest BCUT2D eigenvalue weighted by Crippen LogP contribution is 2.29. The number of piperazine rings is 1. The van der Waals surface area contributed by atoms with Crippen LogP contribution in [0.4, 0.5) is 26.4 Å². The number of ether oxygens (including phenoxy) is 2.